The molecule has 0 aliphatic carbocycles. The van der Waals surface area contributed by atoms with Gasteiger partial charge in [-0.2, -0.15) is 5.26 Å². The second-order valence-electron chi connectivity index (χ2n) is 8.10. The van der Waals surface area contributed by atoms with Crippen molar-refractivity contribution in [1.82, 2.24) is 9.88 Å². The third-order valence-electron chi connectivity index (χ3n) is 4.55. The van der Waals surface area contributed by atoms with E-state index in [4.69, 9.17) is 14.7 Å². The number of rotatable bonds is 4. The lowest BCUT2D eigenvalue weighted by Gasteiger charge is -2.29. The molecule has 31 heavy (non-hydrogen) atoms. The standard InChI is InChI=1S/C23H23F2N3O3/c1-23(2,3)31-22(29)28-10-8-16(9-11-28)20-7-6-18(24)21(27-20)30-14-17-5-4-15(13-26)12-19(17)25/h4-8,12H,9-11,14H2,1-3H3. The Morgan fingerprint density at radius 3 is 2.61 bits per heavy atom. The van der Waals surface area contributed by atoms with Gasteiger partial charge in [0.25, 0.3) is 5.88 Å². The van der Waals surface area contributed by atoms with E-state index in [0.717, 1.165) is 11.6 Å². The van der Waals surface area contributed by atoms with Gasteiger partial charge >= 0.3 is 6.09 Å². The first-order chi connectivity index (χ1) is 14.7. The van der Waals surface area contributed by atoms with Crippen LogP contribution in [0, 0.1) is 23.0 Å². The Kier molecular flexibility index (Phi) is 6.54. The highest BCUT2D eigenvalue weighted by atomic mass is 19.1. The van der Waals surface area contributed by atoms with Gasteiger partial charge in [-0.05, 0) is 57.0 Å². The van der Waals surface area contributed by atoms with E-state index >= 15 is 0 Å². The van der Waals surface area contributed by atoms with Gasteiger partial charge in [0.15, 0.2) is 5.82 Å². The first-order valence-electron chi connectivity index (χ1n) is 9.81. The molecule has 8 heteroatoms. The molecule has 6 nitrogen and oxygen atoms in total. The normalized spacial score (nSPS) is 13.9. The Hall–Kier alpha value is -3.47. The van der Waals surface area contributed by atoms with Crippen molar-refractivity contribution in [3.05, 3.63) is 64.9 Å². The Morgan fingerprint density at radius 1 is 1.23 bits per heavy atom. The average Bonchev–Trinajstić information content (AvgIpc) is 2.72. The van der Waals surface area contributed by atoms with Gasteiger partial charge in [0.05, 0.1) is 17.3 Å². The lowest BCUT2D eigenvalue weighted by Crippen LogP contribution is -2.39. The summed E-state index contributed by atoms with van der Waals surface area (Å²) in [4.78, 5) is 18.0. The molecule has 2 heterocycles. The van der Waals surface area contributed by atoms with Gasteiger partial charge in [-0.15, -0.1) is 0 Å². The fourth-order valence-electron chi connectivity index (χ4n) is 2.98. The van der Waals surface area contributed by atoms with Crippen LogP contribution in [-0.4, -0.2) is 34.7 Å². The highest BCUT2D eigenvalue weighted by Gasteiger charge is 2.24. The highest BCUT2D eigenvalue weighted by molar-refractivity contribution is 5.72. The first-order valence-corrected chi connectivity index (χ1v) is 9.81. The number of hydrogen-bond donors (Lipinski definition) is 0. The van der Waals surface area contributed by atoms with Gasteiger partial charge in [-0.25, -0.2) is 18.6 Å². The molecule has 162 valence electrons. The van der Waals surface area contributed by atoms with Crippen LogP contribution in [0.5, 0.6) is 5.88 Å². The Balaban J connectivity index is 1.69. The first kappa shape index (κ1) is 22.2. The summed E-state index contributed by atoms with van der Waals surface area (Å²) in [6.45, 7) is 6.01. The summed E-state index contributed by atoms with van der Waals surface area (Å²) in [5.41, 5.74) is 1.20. The number of hydrogen-bond acceptors (Lipinski definition) is 5. The lowest BCUT2D eigenvalue weighted by molar-refractivity contribution is 0.0270. The molecular formula is C23H23F2N3O3. The fourth-order valence-corrected chi connectivity index (χ4v) is 2.98. The van der Waals surface area contributed by atoms with Crippen LogP contribution in [0.1, 0.15) is 44.0 Å². The number of ether oxygens (including phenoxy) is 2. The van der Waals surface area contributed by atoms with Crippen molar-refractivity contribution in [2.45, 2.75) is 39.4 Å². The Morgan fingerprint density at radius 2 is 2.00 bits per heavy atom. The number of nitriles is 1. The molecule has 0 N–H and O–H groups in total. The van der Waals surface area contributed by atoms with E-state index in [-0.39, 0.29) is 29.7 Å². The molecule has 3 rings (SSSR count). The molecule has 1 amide bonds. The van der Waals surface area contributed by atoms with E-state index in [9.17, 15) is 13.6 Å². The third kappa shape index (κ3) is 5.79. The van der Waals surface area contributed by atoms with Crippen LogP contribution in [0.15, 0.2) is 36.4 Å². The van der Waals surface area contributed by atoms with E-state index in [1.165, 1.54) is 18.2 Å². The second-order valence-corrected chi connectivity index (χ2v) is 8.10. The van der Waals surface area contributed by atoms with Gasteiger partial charge in [0.2, 0.25) is 0 Å². The topological polar surface area (TPSA) is 75.4 Å². The van der Waals surface area contributed by atoms with Crippen molar-refractivity contribution in [2.24, 2.45) is 0 Å². The molecule has 0 saturated heterocycles. The van der Waals surface area contributed by atoms with Crippen molar-refractivity contribution in [3.8, 4) is 11.9 Å². The van der Waals surface area contributed by atoms with E-state index in [1.54, 1.807) is 11.0 Å². The minimum Gasteiger partial charge on any atom is -0.471 e. The van der Waals surface area contributed by atoms with Gasteiger partial charge in [-0.3, -0.25) is 0 Å². The maximum Gasteiger partial charge on any atom is 0.410 e. The number of carbonyl (C=O) groups excluding carboxylic acids is 1. The summed E-state index contributed by atoms with van der Waals surface area (Å²) >= 11 is 0. The molecule has 2 aromatic rings. The summed E-state index contributed by atoms with van der Waals surface area (Å²) in [6, 6.07) is 8.62. The molecule has 0 radical (unpaired) electrons. The maximum atomic E-state index is 14.2. The van der Waals surface area contributed by atoms with Gasteiger partial charge in [0.1, 0.15) is 18.0 Å². The number of amides is 1. The average molecular weight is 427 g/mol. The van der Waals surface area contributed by atoms with E-state index in [2.05, 4.69) is 4.98 Å². The van der Waals surface area contributed by atoms with Crippen LogP contribution < -0.4 is 4.74 Å². The van der Waals surface area contributed by atoms with Gasteiger partial charge in [-0.1, -0.05) is 12.1 Å². The predicted octanol–water partition coefficient (Wildman–Crippen LogP) is 4.83. The van der Waals surface area contributed by atoms with Crippen molar-refractivity contribution in [2.75, 3.05) is 13.1 Å². The number of halogens is 2. The minimum absolute atomic E-state index is 0.190. The monoisotopic (exact) mass is 427 g/mol. The number of nitrogens with zero attached hydrogens (tertiary/aromatic N) is 3. The smallest absolute Gasteiger partial charge is 0.410 e. The molecule has 0 saturated carbocycles. The largest absolute Gasteiger partial charge is 0.471 e. The Bertz CT molecular complexity index is 1060. The van der Waals surface area contributed by atoms with Crippen molar-refractivity contribution in [1.29, 1.82) is 5.26 Å². The molecule has 0 fully saturated rings. The fraction of sp³-hybridized carbons (Fsp3) is 0.348. The summed E-state index contributed by atoms with van der Waals surface area (Å²) in [5.74, 6) is -1.51. The predicted molar refractivity (Wildman–Crippen MR) is 110 cm³/mol. The minimum atomic E-state index is -0.662. The number of pyridine rings is 1. The van der Waals surface area contributed by atoms with Gasteiger partial charge in [0, 0.05) is 18.7 Å². The lowest BCUT2D eigenvalue weighted by atomic mass is 10.0. The molecule has 1 aromatic carbocycles. The molecular weight excluding hydrogens is 404 g/mol. The molecule has 0 unspecified atom stereocenters. The Labute approximate surface area is 179 Å². The molecule has 1 aliphatic rings. The summed E-state index contributed by atoms with van der Waals surface area (Å²) in [7, 11) is 0. The van der Waals surface area contributed by atoms with E-state index in [1.807, 2.05) is 32.9 Å². The summed E-state index contributed by atoms with van der Waals surface area (Å²) in [5, 5.41) is 8.81. The van der Waals surface area contributed by atoms with Crippen molar-refractivity contribution < 1.29 is 23.0 Å². The number of benzene rings is 1. The molecule has 0 spiro atoms. The van der Waals surface area contributed by atoms with E-state index in [0.29, 0.717) is 25.2 Å². The third-order valence-corrected chi connectivity index (χ3v) is 4.55. The van der Waals surface area contributed by atoms with Crippen LogP contribution in [0.4, 0.5) is 13.6 Å². The quantitative estimate of drug-likeness (QED) is 0.698. The number of carbonyl (C=O) groups is 1. The van der Waals surface area contributed by atoms with Crippen LogP contribution in [0.25, 0.3) is 5.57 Å². The zero-order chi connectivity index (χ0) is 22.6. The van der Waals surface area contributed by atoms with Crippen LogP contribution in [0.2, 0.25) is 0 Å². The van der Waals surface area contributed by atoms with E-state index < -0.39 is 17.2 Å². The zero-order valence-corrected chi connectivity index (χ0v) is 17.6. The van der Waals surface area contributed by atoms with Crippen LogP contribution in [0.3, 0.4) is 0 Å². The van der Waals surface area contributed by atoms with Crippen molar-refractivity contribution >= 4 is 11.7 Å². The number of aromatic nitrogens is 1. The molecule has 1 aliphatic heterocycles. The zero-order valence-electron chi connectivity index (χ0n) is 17.6. The van der Waals surface area contributed by atoms with Crippen LogP contribution in [-0.2, 0) is 11.3 Å². The molecule has 1 aromatic heterocycles. The van der Waals surface area contributed by atoms with Crippen LogP contribution >= 0.6 is 0 Å². The van der Waals surface area contributed by atoms with Gasteiger partial charge < -0.3 is 14.4 Å². The molecule has 0 atom stereocenters. The summed E-state index contributed by atoms with van der Waals surface area (Å²) < 4.78 is 39.0. The highest BCUT2D eigenvalue weighted by Crippen LogP contribution is 2.26. The maximum absolute atomic E-state index is 14.2. The molecule has 0 bridgehead atoms. The van der Waals surface area contributed by atoms with Crippen molar-refractivity contribution in [3.63, 3.8) is 0 Å². The summed E-state index contributed by atoms with van der Waals surface area (Å²) in [6.07, 6.45) is 1.99. The second kappa shape index (κ2) is 9.13. The SMILES string of the molecule is CC(C)(C)OC(=O)N1CC=C(c2ccc(F)c(OCc3ccc(C#N)cc3F)n2)CC1.